The smallest absolute Gasteiger partial charge is 0.356 e. The Labute approximate surface area is 147 Å². The Morgan fingerprint density at radius 2 is 2.08 bits per heavy atom. The molecule has 0 radical (unpaired) electrons. The lowest BCUT2D eigenvalue weighted by molar-refractivity contribution is -0.136. The number of carbonyl (C=O) groups excluding carboxylic acids is 2. The maximum atomic E-state index is 12.8. The molecule has 0 bridgehead atoms. The lowest BCUT2D eigenvalue weighted by Gasteiger charge is -2.23. The van der Waals surface area contributed by atoms with Crippen molar-refractivity contribution in [3.05, 3.63) is 29.6 Å². The minimum absolute atomic E-state index is 0.229. The van der Waals surface area contributed by atoms with Crippen molar-refractivity contribution in [1.29, 1.82) is 0 Å². The summed E-state index contributed by atoms with van der Waals surface area (Å²) in [6.45, 7) is 4.52. The van der Waals surface area contributed by atoms with E-state index in [0.717, 1.165) is 44.6 Å². The number of hydrogen-bond donors (Lipinski definition) is 0. The van der Waals surface area contributed by atoms with Crippen LogP contribution in [0.15, 0.2) is 18.3 Å². The molecule has 2 saturated heterocycles. The minimum Gasteiger partial charge on any atom is -0.464 e. The average Bonchev–Trinajstić information content (AvgIpc) is 3.18. The number of rotatable bonds is 6. The lowest BCUT2D eigenvalue weighted by Crippen LogP contribution is -2.38. The Balaban J connectivity index is 1.58. The Hall–Kier alpha value is -1.99. The summed E-state index contributed by atoms with van der Waals surface area (Å²) in [4.78, 5) is 32.6. The Bertz CT molecular complexity index is 634. The molecule has 136 valence electrons. The first-order chi connectivity index (χ1) is 12.1. The van der Waals surface area contributed by atoms with Crippen LogP contribution in [-0.4, -0.2) is 73.7 Å². The molecule has 3 rings (SSSR count). The van der Waals surface area contributed by atoms with Crippen LogP contribution >= 0.6 is 0 Å². The summed E-state index contributed by atoms with van der Waals surface area (Å²) in [6.07, 6.45) is 3.53. The highest BCUT2D eigenvalue weighted by Gasteiger charge is 2.50. The topological polar surface area (TPSA) is 72.0 Å². The van der Waals surface area contributed by atoms with E-state index in [4.69, 9.17) is 4.74 Å². The second-order valence-electron chi connectivity index (χ2n) is 6.82. The quantitative estimate of drug-likeness (QED) is 0.713. The van der Waals surface area contributed by atoms with Gasteiger partial charge in [-0.2, -0.15) is 0 Å². The Morgan fingerprint density at radius 3 is 2.76 bits per heavy atom. The fourth-order valence-corrected chi connectivity index (χ4v) is 3.78. The molecule has 1 amide bonds. The Kier molecular flexibility index (Phi) is 5.34. The number of pyridine rings is 1. The predicted octanol–water partition coefficient (Wildman–Crippen LogP) is 0.939. The molecule has 1 aromatic rings. The molecule has 2 aliphatic heterocycles. The molecule has 1 atom stereocenters. The number of nitrogens with zero attached hydrogens (tertiary/aromatic N) is 3. The van der Waals surface area contributed by atoms with Crippen LogP contribution in [0.25, 0.3) is 0 Å². The number of esters is 1. The summed E-state index contributed by atoms with van der Waals surface area (Å²) in [5.41, 5.74) is 1.11. The number of hydrogen-bond acceptors (Lipinski definition) is 6. The number of ether oxygens (including phenoxy) is 2. The fraction of sp³-hybridized carbons (Fsp3) is 0.611. The fourth-order valence-electron chi connectivity index (χ4n) is 3.78. The van der Waals surface area contributed by atoms with E-state index in [1.807, 2.05) is 11.0 Å². The van der Waals surface area contributed by atoms with E-state index in [9.17, 15) is 9.59 Å². The van der Waals surface area contributed by atoms with Gasteiger partial charge >= 0.3 is 5.97 Å². The van der Waals surface area contributed by atoms with Gasteiger partial charge in [0, 0.05) is 39.5 Å². The van der Waals surface area contributed by atoms with Crippen LogP contribution in [-0.2, 0) is 20.8 Å². The van der Waals surface area contributed by atoms with Crippen LogP contribution in [0, 0.1) is 5.41 Å². The van der Waals surface area contributed by atoms with Gasteiger partial charge in [-0.1, -0.05) is 6.07 Å². The van der Waals surface area contributed by atoms with Gasteiger partial charge < -0.3 is 14.4 Å². The number of likely N-dealkylation sites (tertiary alicyclic amines) is 2. The van der Waals surface area contributed by atoms with Gasteiger partial charge in [-0.3, -0.25) is 9.69 Å². The summed E-state index contributed by atoms with van der Waals surface area (Å²) in [5, 5.41) is 0. The molecule has 3 heterocycles. The molecule has 25 heavy (non-hydrogen) atoms. The Morgan fingerprint density at radius 1 is 1.28 bits per heavy atom. The zero-order valence-electron chi connectivity index (χ0n) is 14.9. The van der Waals surface area contributed by atoms with Crippen molar-refractivity contribution in [2.75, 3.05) is 47.0 Å². The number of amides is 1. The van der Waals surface area contributed by atoms with Crippen LogP contribution < -0.4 is 0 Å². The van der Waals surface area contributed by atoms with Crippen molar-refractivity contribution < 1.29 is 19.1 Å². The van der Waals surface area contributed by atoms with Gasteiger partial charge in [0.2, 0.25) is 5.91 Å². The molecule has 7 heteroatoms. The van der Waals surface area contributed by atoms with Gasteiger partial charge in [0.25, 0.3) is 0 Å². The number of aromatic nitrogens is 1. The maximum Gasteiger partial charge on any atom is 0.356 e. The summed E-state index contributed by atoms with van der Waals surface area (Å²) in [5.74, 6) is -0.161. The molecule has 0 saturated carbocycles. The van der Waals surface area contributed by atoms with E-state index in [-0.39, 0.29) is 11.3 Å². The summed E-state index contributed by atoms with van der Waals surface area (Å²) >= 11 is 0. The van der Waals surface area contributed by atoms with E-state index < -0.39 is 5.97 Å². The zero-order chi connectivity index (χ0) is 17.9. The number of carbonyl (C=O) groups is 2. The maximum absolute atomic E-state index is 12.8. The van der Waals surface area contributed by atoms with Crippen molar-refractivity contribution in [3.8, 4) is 0 Å². The molecule has 0 aromatic carbocycles. The molecule has 0 N–H and O–H groups in total. The SMILES string of the molecule is COCCN1CCC2(CCN(Cc3ccc(C(=O)OC)nc3)C2)C1=O. The van der Waals surface area contributed by atoms with Gasteiger partial charge in [0.15, 0.2) is 0 Å². The van der Waals surface area contributed by atoms with Gasteiger partial charge in [-0.25, -0.2) is 9.78 Å². The first kappa shape index (κ1) is 17.8. The third kappa shape index (κ3) is 3.67. The minimum atomic E-state index is -0.431. The highest BCUT2D eigenvalue weighted by molar-refractivity contribution is 5.87. The van der Waals surface area contributed by atoms with Crippen LogP contribution in [0.3, 0.4) is 0 Å². The monoisotopic (exact) mass is 347 g/mol. The normalized spacial score (nSPS) is 23.6. The van der Waals surface area contributed by atoms with Crippen molar-refractivity contribution >= 4 is 11.9 Å². The third-order valence-corrected chi connectivity index (χ3v) is 5.22. The first-order valence-electron chi connectivity index (χ1n) is 8.62. The predicted molar refractivity (Wildman–Crippen MR) is 91.0 cm³/mol. The molecular weight excluding hydrogens is 322 g/mol. The number of methoxy groups -OCH3 is 2. The van der Waals surface area contributed by atoms with Crippen molar-refractivity contribution in [1.82, 2.24) is 14.8 Å². The van der Waals surface area contributed by atoms with Crippen molar-refractivity contribution in [3.63, 3.8) is 0 Å². The van der Waals surface area contributed by atoms with E-state index >= 15 is 0 Å². The first-order valence-corrected chi connectivity index (χ1v) is 8.62. The second-order valence-corrected chi connectivity index (χ2v) is 6.82. The third-order valence-electron chi connectivity index (χ3n) is 5.22. The van der Waals surface area contributed by atoms with Crippen LogP contribution in [0.2, 0.25) is 0 Å². The molecule has 7 nitrogen and oxygen atoms in total. The molecule has 1 spiro atoms. The molecule has 0 aliphatic carbocycles. The lowest BCUT2D eigenvalue weighted by atomic mass is 9.85. The molecule has 2 fully saturated rings. The molecule has 1 aromatic heterocycles. The largest absolute Gasteiger partial charge is 0.464 e. The standard InChI is InChI=1S/C18H25N3O4/c1-24-10-9-21-8-6-18(17(21)23)5-7-20(13-18)12-14-3-4-15(19-11-14)16(22)25-2/h3-4,11H,5-10,12-13H2,1-2H3. The summed E-state index contributed by atoms with van der Waals surface area (Å²) in [6, 6.07) is 3.58. The van der Waals surface area contributed by atoms with E-state index in [1.54, 1.807) is 19.4 Å². The highest BCUT2D eigenvalue weighted by atomic mass is 16.5. The van der Waals surface area contributed by atoms with Crippen LogP contribution in [0.1, 0.15) is 28.9 Å². The summed E-state index contributed by atoms with van der Waals surface area (Å²) in [7, 11) is 3.00. The second kappa shape index (κ2) is 7.49. The van der Waals surface area contributed by atoms with Crippen LogP contribution in [0.5, 0.6) is 0 Å². The van der Waals surface area contributed by atoms with Crippen molar-refractivity contribution in [2.45, 2.75) is 19.4 Å². The van der Waals surface area contributed by atoms with Gasteiger partial charge in [0.1, 0.15) is 5.69 Å². The summed E-state index contributed by atoms with van der Waals surface area (Å²) < 4.78 is 9.75. The molecule has 2 aliphatic rings. The van der Waals surface area contributed by atoms with E-state index in [1.165, 1.54) is 7.11 Å². The van der Waals surface area contributed by atoms with E-state index in [2.05, 4.69) is 14.6 Å². The van der Waals surface area contributed by atoms with Crippen molar-refractivity contribution in [2.24, 2.45) is 5.41 Å². The zero-order valence-corrected chi connectivity index (χ0v) is 14.9. The van der Waals surface area contributed by atoms with Crippen LogP contribution in [0.4, 0.5) is 0 Å². The molecular formula is C18H25N3O4. The van der Waals surface area contributed by atoms with Gasteiger partial charge in [-0.15, -0.1) is 0 Å². The molecule has 1 unspecified atom stereocenters. The van der Waals surface area contributed by atoms with Gasteiger partial charge in [0.05, 0.1) is 19.1 Å². The van der Waals surface area contributed by atoms with Gasteiger partial charge in [-0.05, 0) is 31.0 Å². The average molecular weight is 347 g/mol. The van der Waals surface area contributed by atoms with E-state index in [0.29, 0.717) is 18.8 Å². The highest BCUT2D eigenvalue weighted by Crippen LogP contribution is 2.40.